The van der Waals surface area contributed by atoms with Gasteiger partial charge in [-0.3, -0.25) is 4.79 Å². The Morgan fingerprint density at radius 3 is 2.55 bits per heavy atom. The highest BCUT2D eigenvalue weighted by molar-refractivity contribution is 6.64. The normalized spacial score (nSPS) is 21.6. The minimum absolute atomic E-state index is 0.128. The van der Waals surface area contributed by atoms with Gasteiger partial charge in [0.05, 0.1) is 5.92 Å². The van der Waals surface area contributed by atoms with Crippen LogP contribution in [0.4, 0.5) is 13.2 Å². The van der Waals surface area contributed by atoms with Gasteiger partial charge in [0, 0.05) is 0 Å². The first-order valence-electron chi connectivity index (χ1n) is 5.93. The van der Waals surface area contributed by atoms with Gasteiger partial charge < -0.3 is 9.47 Å². The number of rotatable bonds is 3. The van der Waals surface area contributed by atoms with Gasteiger partial charge in [0.15, 0.2) is 11.5 Å². The molecule has 1 aromatic rings. The van der Waals surface area contributed by atoms with Crippen molar-refractivity contribution in [3.63, 3.8) is 0 Å². The summed E-state index contributed by atoms with van der Waals surface area (Å²) in [4.78, 5) is 11.4. The Morgan fingerprint density at radius 2 is 2.00 bits per heavy atom. The van der Waals surface area contributed by atoms with Gasteiger partial charge in [-0.05, 0) is 35.2 Å². The lowest BCUT2D eigenvalue weighted by molar-refractivity contribution is -0.281. The first kappa shape index (κ1) is 15.0. The molecule has 1 aromatic carbocycles. The highest BCUT2D eigenvalue weighted by Crippen LogP contribution is 2.42. The van der Waals surface area contributed by atoms with Crippen LogP contribution in [0.15, 0.2) is 18.2 Å². The molecule has 2 rings (SSSR count). The van der Waals surface area contributed by atoms with Crippen LogP contribution in [0.5, 0.6) is 11.5 Å². The molecule has 0 bridgehead atoms. The fourth-order valence-electron chi connectivity index (χ4n) is 2.05. The Morgan fingerprint density at radius 1 is 1.35 bits per heavy atom. The van der Waals surface area contributed by atoms with E-state index >= 15 is 0 Å². The molecule has 1 aliphatic rings. The predicted octanol–water partition coefficient (Wildman–Crippen LogP) is 3.85. The average molecular weight is 309 g/mol. The number of hydrogen-bond donors (Lipinski definition) is 0. The van der Waals surface area contributed by atoms with E-state index in [1.54, 1.807) is 13.8 Å². The fraction of sp³-hybridized carbons (Fsp3) is 0.462. The van der Waals surface area contributed by atoms with Crippen LogP contribution in [0.1, 0.15) is 25.3 Å². The van der Waals surface area contributed by atoms with Crippen LogP contribution in [0.2, 0.25) is 0 Å². The topological polar surface area (TPSA) is 35.5 Å². The lowest BCUT2D eigenvalue weighted by atomic mass is 9.89. The smallest absolute Gasteiger partial charge is 0.447 e. The zero-order chi connectivity index (χ0) is 15.1. The largest absolute Gasteiger partial charge is 0.468 e. The summed E-state index contributed by atoms with van der Waals surface area (Å²) >= 11 is 5.52. The Labute approximate surface area is 118 Å². The molecule has 2 atom stereocenters. The summed E-state index contributed by atoms with van der Waals surface area (Å²) in [7, 11) is 0. The lowest BCUT2D eigenvalue weighted by Crippen LogP contribution is -2.43. The van der Waals surface area contributed by atoms with Gasteiger partial charge in [-0.2, -0.15) is 13.2 Å². The quantitative estimate of drug-likeness (QED) is 0.796. The van der Waals surface area contributed by atoms with Crippen molar-refractivity contribution in [1.82, 2.24) is 0 Å². The van der Waals surface area contributed by atoms with Crippen molar-refractivity contribution in [2.45, 2.75) is 32.2 Å². The van der Waals surface area contributed by atoms with Gasteiger partial charge >= 0.3 is 12.5 Å². The summed E-state index contributed by atoms with van der Waals surface area (Å²) in [5.41, 5.74) is 0.412. The van der Waals surface area contributed by atoms with Crippen LogP contribution in [0.3, 0.4) is 0 Å². The Bertz CT molecular complexity index is 534. The van der Waals surface area contributed by atoms with E-state index in [0.717, 1.165) is 0 Å². The molecule has 0 saturated heterocycles. The molecule has 2 unspecified atom stereocenters. The van der Waals surface area contributed by atoms with Crippen LogP contribution < -0.4 is 9.47 Å². The van der Waals surface area contributed by atoms with Crippen molar-refractivity contribution in [3.8, 4) is 11.5 Å². The minimum atomic E-state index is -4.07. The van der Waals surface area contributed by atoms with Crippen molar-refractivity contribution in [2.24, 2.45) is 5.92 Å². The predicted molar refractivity (Wildman–Crippen MR) is 66.0 cm³/mol. The second-order valence-electron chi connectivity index (χ2n) is 4.83. The summed E-state index contributed by atoms with van der Waals surface area (Å²) in [6.45, 7) is 3.54. The number of fused-ring (bicyclic) bond motifs is 1. The lowest BCUT2D eigenvalue weighted by Gasteiger charge is -2.29. The molecule has 0 fully saturated rings. The Balaban J connectivity index is 2.40. The first-order chi connectivity index (χ1) is 9.22. The van der Waals surface area contributed by atoms with E-state index in [-0.39, 0.29) is 17.4 Å². The van der Waals surface area contributed by atoms with Gasteiger partial charge in [0.25, 0.3) is 0 Å². The van der Waals surface area contributed by atoms with E-state index in [1.165, 1.54) is 18.2 Å². The SMILES string of the molecule is CC(C)C(C(=O)Cl)c1ccc2c(c1)OC(F)(F)C(F)O2. The maximum Gasteiger partial charge on any atom is 0.468 e. The molecule has 7 heteroatoms. The van der Waals surface area contributed by atoms with E-state index in [0.29, 0.717) is 5.56 Å². The third-order valence-corrected chi connectivity index (χ3v) is 3.21. The summed E-state index contributed by atoms with van der Waals surface area (Å²) in [6.07, 6.45) is -6.93. The molecule has 0 aliphatic carbocycles. The molecule has 0 saturated carbocycles. The monoisotopic (exact) mass is 308 g/mol. The summed E-state index contributed by atoms with van der Waals surface area (Å²) in [6, 6.07) is 3.98. The van der Waals surface area contributed by atoms with E-state index in [1.807, 2.05) is 0 Å². The van der Waals surface area contributed by atoms with Crippen LogP contribution >= 0.6 is 11.6 Å². The highest BCUT2D eigenvalue weighted by atomic mass is 35.5. The number of alkyl halides is 3. The maximum atomic E-state index is 13.1. The van der Waals surface area contributed by atoms with Crippen LogP contribution in [-0.2, 0) is 4.79 Å². The standard InChI is InChI=1S/C13H12ClF3O3/c1-6(2)10(11(14)18)7-3-4-8-9(5-7)20-13(16,17)12(15)19-8/h3-6,10,12H,1-2H3. The van der Waals surface area contributed by atoms with Crippen molar-refractivity contribution >= 4 is 16.8 Å². The second-order valence-corrected chi connectivity index (χ2v) is 5.20. The molecule has 1 aliphatic heterocycles. The zero-order valence-corrected chi connectivity index (χ0v) is 11.5. The van der Waals surface area contributed by atoms with Gasteiger partial charge in [0.2, 0.25) is 5.24 Å². The number of halogens is 4. The average Bonchev–Trinajstić information content (AvgIpc) is 2.29. The molecule has 3 nitrogen and oxygen atoms in total. The third kappa shape index (κ3) is 2.70. The fourth-order valence-corrected chi connectivity index (χ4v) is 2.42. The van der Waals surface area contributed by atoms with Crippen LogP contribution in [0, 0.1) is 5.92 Å². The zero-order valence-electron chi connectivity index (χ0n) is 10.7. The van der Waals surface area contributed by atoms with E-state index in [2.05, 4.69) is 9.47 Å². The Kier molecular flexibility index (Phi) is 3.86. The molecular formula is C13H12ClF3O3. The molecule has 0 spiro atoms. The number of benzene rings is 1. The van der Waals surface area contributed by atoms with E-state index in [4.69, 9.17) is 11.6 Å². The molecule has 0 amide bonds. The Hall–Kier alpha value is -1.43. The minimum Gasteiger partial charge on any atom is -0.447 e. The second kappa shape index (κ2) is 5.16. The van der Waals surface area contributed by atoms with Crippen LogP contribution in [-0.4, -0.2) is 17.7 Å². The maximum absolute atomic E-state index is 13.1. The highest BCUT2D eigenvalue weighted by Gasteiger charge is 2.49. The van der Waals surface area contributed by atoms with Gasteiger partial charge in [0.1, 0.15) is 0 Å². The number of hydrogen-bond acceptors (Lipinski definition) is 3. The molecule has 0 N–H and O–H groups in total. The first-order valence-corrected chi connectivity index (χ1v) is 6.31. The van der Waals surface area contributed by atoms with Gasteiger partial charge in [-0.1, -0.05) is 19.9 Å². The van der Waals surface area contributed by atoms with Gasteiger partial charge in [-0.15, -0.1) is 0 Å². The number of carbonyl (C=O) groups excluding carboxylic acids is 1. The third-order valence-electron chi connectivity index (χ3n) is 2.98. The molecular weight excluding hydrogens is 297 g/mol. The van der Waals surface area contributed by atoms with E-state index < -0.39 is 23.6 Å². The summed E-state index contributed by atoms with van der Waals surface area (Å²) in [5.74, 6) is -1.25. The summed E-state index contributed by atoms with van der Waals surface area (Å²) < 4.78 is 47.9. The molecule has 110 valence electrons. The van der Waals surface area contributed by atoms with Gasteiger partial charge in [-0.25, -0.2) is 0 Å². The molecule has 0 radical (unpaired) electrons. The molecule has 20 heavy (non-hydrogen) atoms. The van der Waals surface area contributed by atoms with Crippen molar-refractivity contribution in [1.29, 1.82) is 0 Å². The summed E-state index contributed by atoms with van der Waals surface area (Å²) in [5, 5.41) is -0.605. The molecule has 1 heterocycles. The molecule has 0 aromatic heterocycles. The number of carbonyl (C=O) groups is 1. The van der Waals surface area contributed by atoms with Crippen molar-refractivity contribution < 1.29 is 27.4 Å². The van der Waals surface area contributed by atoms with Crippen LogP contribution in [0.25, 0.3) is 0 Å². The van der Waals surface area contributed by atoms with Crippen molar-refractivity contribution in [3.05, 3.63) is 23.8 Å². The van der Waals surface area contributed by atoms with Crippen molar-refractivity contribution in [2.75, 3.05) is 0 Å². The number of ether oxygens (including phenoxy) is 2. The van der Waals surface area contributed by atoms with E-state index in [9.17, 15) is 18.0 Å².